The number of anilines is 1. The Morgan fingerprint density at radius 2 is 2.05 bits per heavy atom. The Morgan fingerprint density at radius 3 is 2.82 bits per heavy atom. The van der Waals surface area contributed by atoms with Gasteiger partial charge in [0.25, 0.3) is 0 Å². The van der Waals surface area contributed by atoms with Crippen LogP contribution in [0.15, 0.2) is 36.8 Å². The summed E-state index contributed by atoms with van der Waals surface area (Å²) in [6, 6.07) is 5.83. The second-order valence-corrected chi connectivity index (χ2v) is 5.07. The van der Waals surface area contributed by atoms with Gasteiger partial charge in [-0.15, -0.1) is 0 Å². The van der Waals surface area contributed by atoms with E-state index < -0.39 is 0 Å². The maximum absolute atomic E-state index is 5.90. The molecule has 4 aromatic heterocycles. The largest absolute Gasteiger partial charge is 0.383 e. The molecule has 0 spiro atoms. The summed E-state index contributed by atoms with van der Waals surface area (Å²) in [5, 5.41) is 15.0. The van der Waals surface area contributed by atoms with Crippen molar-refractivity contribution in [2.75, 3.05) is 5.73 Å². The molecule has 4 rings (SSSR count). The molecule has 0 bridgehead atoms. The Hall–Kier alpha value is -3.22. The van der Waals surface area contributed by atoms with E-state index in [1.54, 1.807) is 18.6 Å². The van der Waals surface area contributed by atoms with E-state index in [9.17, 15) is 0 Å². The predicted octanol–water partition coefficient (Wildman–Crippen LogP) is 2.30. The molecule has 4 heterocycles. The fourth-order valence-corrected chi connectivity index (χ4v) is 2.34. The van der Waals surface area contributed by atoms with Crippen LogP contribution >= 0.6 is 0 Å². The van der Waals surface area contributed by atoms with E-state index in [-0.39, 0.29) is 0 Å². The number of aromatic amines is 2. The Labute approximate surface area is 125 Å². The van der Waals surface area contributed by atoms with E-state index in [1.807, 2.05) is 25.1 Å². The van der Waals surface area contributed by atoms with Crippen LogP contribution in [0.2, 0.25) is 0 Å². The summed E-state index contributed by atoms with van der Waals surface area (Å²) in [5.41, 5.74) is 10.9. The average Bonchev–Trinajstić information content (AvgIpc) is 3.18. The predicted molar refractivity (Wildman–Crippen MR) is 83.9 cm³/mol. The van der Waals surface area contributed by atoms with E-state index in [0.29, 0.717) is 5.82 Å². The van der Waals surface area contributed by atoms with Crippen LogP contribution in [-0.2, 0) is 0 Å². The Bertz CT molecular complexity index is 953. The van der Waals surface area contributed by atoms with Crippen LogP contribution in [0.5, 0.6) is 0 Å². The first kappa shape index (κ1) is 12.5. The van der Waals surface area contributed by atoms with Gasteiger partial charge in [-0.1, -0.05) is 6.07 Å². The van der Waals surface area contributed by atoms with Crippen LogP contribution in [-0.4, -0.2) is 30.4 Å². The summed E-state index contributed by atoms with van der Waals surface area (Å²) >= 11 is 0. The van der Waals surface area contributed by atoms with Gasteiger partial charge in [-0.05, 0) is 24.6 Å². The van der Waals surface area contributed by atoms with Gasteiger partial charge in [-0.2, -0.15) is 10.2 Å². The van der Waals surface area contributed by atoms with E-state index >= 15 is 0 Å². The molecule has 0 saturated carbocycles. The van der Waals surface area contributed by atoms with Crippen molar-refractivity contribution in [3.8, 4) is 22.6 Å². The zero-order valence-corrected chi connectivity index (χ0v) is 11.8. The van der Waals surface area contributed by atoms with Crippen LogP contribution in [0.3, 0.4) is 0 Å². The highest BCUT2D eigenvalue weighted by Crippen LogP contribution is 2.28. The second-order valence-electron chi connectivity index (χ2n) is 5.07. The number of hydrogen-bond acceptors (Lipinski definition) is 5. The number of aromatic nitrogens is 6. The lowest BCUT2D eigenvalue weighted by atomic mass is 10.1. The normalized spacial score (nSPS) is 11.1. The molecule has 0 radical (unpaired) electrons. The molecule has 0 amide bonds. The fraction of sp³-hybridized carbons (Fsp3) is 0.0667. The van der Waals surface area contributed by atoms with Crippen LogP contribution in [0.1, 0.15) is 5.56 Å². The van der Waals surface area contributed by atoms with Gasteiger partial charge >= 0.3 is 0 Å². The second kappa shape index (κ2) is 4.66. The van der Waals surface area contributed by atoms with Gasteiger partial charge in [-0.3, -0.25) is 15.2 Å². The lowest BCUT2D eigenvalue weighted by molar-refractivity contribution is 1.09. The van der Waals surface area contributed by atoms with Gasteiger partial charge in [0.2, 0.25) is 0 Å². The monoisotopic (exact) mass is 291 g/mol. The number of rotatable bonds is 2. The van der Waals surface area contributed by atoms with Crippen LogP contribution in [0.4, 0.5) is 5.82 Å². The molecule has 0 saturated heterocycles. The molecule has 0 fully saturated rings. The SMILES string of the molecule is Cc1ccc(-c2n[nH]c3cnc(-c4cn[nH]c4)cc23)nc1N. The minimum atomic E-state index is 0.512. The molecule has 0 aliphatic carbocycles. The van der Waals surface area contributed by atoms with Gasteiger partial charge in [0.05, 0.1) is 29.3 Å². The van der Waals surface area contributed by atoms with E-state index in [1.165, 1.54) is 0 Å². The summed E-state index contributed by atoms with van der Waals surface area (Å²) in [4.78, 5) is 8.83. The summed E-state index contributed by atoms with van der Waals surface area (Å²) in [6.45, 7) is 1.93. The van der Waals surface area contributed by atoms with Gasteiger partial charge < -0.3 is 5.73 Å². The van der Waals surface area contributed by atoms with Crippen LogP contribution in [0.25, 0.3) is 33.5 Å². The third-order valence-electron chi connectivity index (χ3n) is 3.62. The number of fused-ring (bicyclic) bond motifs is 1. The molecule has 0 atom stereocenters. The lowest BCUT2D eigenvalue weighted by Gasteiger charge is -2.02. The molecule has 22 heavy (non-hydrogen) atoms. The van der Waals surface area contributed by atoms with Gasteiger partial charge in [0.15, 0.2) is 0 Å². The molecular weight excluding hydrogens is 278 g/mol. The third-order valence-corrected chi connectivity index (χ3v) is 3.62. The lowest BCUT2D eigenvalue weighted by Crippen LogP contribution is -1.95. The molecule has 7 heteroatoms. The third kappa shape index (κ3) is 1.91. The van der Waals surface area contributed by atoms with Gasteiger partial charge in [0, 0.05) is 17.1 Å². The molecule has 0 unspecified atom stereocenters. The molecule has 0 aliphatic rings. The van der Waals surface area contributed by atoms with Crippen molar-refractivity contribution in [2.45, 2.75) is 6.92 Å². The highest BCUT2D eigenvalue weighted by atomic mass is 15.1. The number of hydrogen-bond donors (Lipinski definition) is 3. The first-order valence-corrected chi connectivity index (χ1v) is 6.79. The number of nitrogens with one attached hydrogen (secondary N) is 2. The van der Waals surface area contributed by atoms with Crippen molar-refractivity contribution in [3.05, 3.63) is 42.4 Å². The summed E-state index contributed by atoms with van der Waals surface area (Å²) in [6.07, 6.45) is 5.29. The smallest absolute Gasteiger partial charge is 0.127 e. The number of pyridine rings is 2. The topological polar surface area (TPSA) is 109 Å². The summed E-state index contributed by atoms with van der Waals surface area (Å²) in [7, 11) is 0. The fourth-order valence-electron chi connectivity index (χ4n) is 2.34. The minimum Gasteiger partial charge on any atom is -0.383 e. The van der Waals surface area contributed by atoms with Crippen molar-refractivity contribution in [3.63, 3.8) is 0 Å². The molecule has 4 N–H and O–H groups in total. The van der Waals surface area contributed by atoms with Crippen molar-refractivity contribution in [2.24, 2.45) is 0 Å². The van der Waals surface area contributed by atoms with Gasteiger partial charge in [-0.25, -0.2) is 4.98 Å². The number of aryl methyl sites for hydroxylation is 1. The molecule has 0 aliphatic heterocycles. The van der Waals surface area contributed by atoms with Crippen LogP contribution < -0.4 is 5.73 Å². The quantitative estimate of drug-likeness (QED) is 0.525. The summed E-state index contributed by atoms with van der Waals surface area (Å²) in [5.74, 6) is 0.512. The molecule has 0 aromatic carbocycles. The Kier molecular flexibility index (Phi) is 2.65. The highest BCUT2D eigenvalue weighted by molar-refractivity contribution is 5.93. The molecular formula is C15H13N7. The zero-order chi connectivity index (χ0) is 15.1. The Balaban J connectivity index is 1.91. The maximum atomic E-state index is 5.90. The van der Waals surface area contributed by atoms with E-state index in [2.05, 4.69) is 30.4 Å². The number of nitrogens with zero attached hydrogens (tertiary/aromatic N) is 4. The Morgan fingerprint density at radius 1 is 1.14 bits per heavy atom. The van der Waals surface area contributed by atoms with Crippen molar-refractivity contribution < 1.29 is 0 Å². The number of H-pyrrole nitrogens is 2. The van der Waals surface area contributed by atoms with Gasteiger partial charge in [0.1, 0.15) is 11.5 Å². The minimum absolute atomic E-state index is 0.512. The maximum Gasteiger partial charge on any atom is 0.127 e. The van der Waals surface area contributed by atoms with Crippen molar-refractivity contribution in [1.29, 1.82) is 0 Å². The van der Waals surface area contributed by atoms with E-state index in [4.69, 9.17) is 5.73 Å². The van der Waals surface area contributed by atoms with Crippen molar-refractivity contribution >= 4 is 16.7 Å². The first-order chi connectivity index (χ1) is 10.7. The summed E-state index contributed by atoms with van der Waals surface area (Å²) < 4.78 is 0. The van der Waals surface area contributed by atoms with E-state index in [0.717, 1.165) is 39.1 Å². The first-order valence-electron chi connectivity index (χ1n) is 6.79. The molecule has 7 nitrogen and oxygen atoms in total. The van der Waals surface area contributed by atoms with Crippen molar-refractivity contribution in [1.82, 2.24) is 30.4 Å². The number of nitrogen functional groups attached to an aromatic ring is 1. The number of nitrogens with two attached hydrogens (primary N) is 1. The molecule has 4 aromatic rings. The standard InChI is InChI=1S/C15H13N7/c1-8-2-3-11(20-15(8)16)14-10-4-12(9-5-18-19-6-9)17-7-13(10)21-22-14/h2-7H,1H3,(H2,16,20)(H,18,19)(H,21,22). The van der Waals surface area contributed by atoms with Crippen LogP contribution in [0, 0.1) is 6.92 Å². The average molecular weight is 291 g/mol. The molecule has 108 valence electrons. The highest BCUT2D eigenvalue weighted by Gasteiger charge is 2.12. The zero-order valence-electron chi connectivity index (χ0n) is 11.8.